The maximum Gasteiger partial charge on any atom is 0.266 e. The molecule has 0 spiro atoms. The summed E-state index contributed by atoms with van der Waals surface area (Å²) in [7, 11) is 0. The zero-order chi connectivity index (χ0) is 24.2. The average molecular weight is 458 g/mol. The second-order valence-electron chi connectivity index (χ2n) is 8.81. The van der Waals surface area contributed by atoms with E-state index >= 15 is 0 Å². The van der Waals surface area contributed by atoms with Gasteiger partial charge in [0.05, 0.1) is 28.8 Å². The van der Waals surface area contributed by atoms with Gasteiger partial charge in [-0.3, -0.25) is 19.2 Å². The lowest BCUT2D eigenvalue weighted by Crippen LogP contribution is -2.35. The molecule has 170 valence electrons. The highest BCUT2D eigenvalue weighted by molar-refractivity contribution is 6.34. The van der Waals surface area contributed by atoms with Gasteiger partial charge in [-0.1, -0.05) is 0 Å². The topological polar surface area (TPSA) is 92.8 Å². The molecule has 0 aliphatic carbocycles. The number of anilines is 2. The van der Waals surface area contributed by atoms with E-state index in [4.69, 9.17) is 4.74 Å². The van der Waals surface area contributed by atoms with Crippen molar-refractivity contribution in [2.75, 3.05) is 10.2 Å². The maximum absolute atomic E-state index is 13.2. The first-order valence-electron chi connectivity index (χ1n) is 10.6. The Morgan fingerprint density at radius 2 is 1.62 bits per heavy atom. The van der Waals surface area contributed by atoms with E-state index in [0.29, 0.717) is 17.0 Å². The van der Waals surface area contributed by atoms with Crippen LogP contribution in [0.5, 0.6) is 5.75 Å². The molecular weight excluding hydrogens is 439 g/mol. The van der Waals surface area contributed by atoms with Gasteiger partial charge in [-0.05, 0) is 74.5 Å². The van der Waals surface area contributed by atoms with Crippen molar-refractivity contribution in [2.24, 2.45) is 0 Å². The number of fused-ring (bicyclic) bond motifs is 2. The highest BCUT2D eigenvalue weighted by Gasteiger charge is 2.37. The van der Waals surface area contributed by atoms with Gasteiger partial charge in [0.25, 0.3) is 17.7 Å². The fourth-order valence-corrected chi connectivity index (χ4v) is 4.14. The lowest BCUT2D eigenvalue weighted by atomic mass is 9.93. The van der Waals surface area contributed by atoms with Crippen LogP contribution in [0.3, 0.4) is 0 Å². The smallest absolute Gasteiger partial charge is 0.266 e. The van der Waals surface area contributed by atoms with E-state index < -0.39 is 29.1 Å². The van der Waals surface area contributed by atoms with E-state index in [2.05, 4.69) is 5.32 Å². The van der Waals surface area contributed by atoms with Crippen LogP contribution >= 0.6 is 0 Å². The van der Waals surface area contributed by atoms with Crippen molar-refractivity contribution in [3.63, 3.8) is 0 Å². The summed E-state index contributed by atoms with van der Waals surface area (Å²) in [5.41, 5.74) is 0.844. The van der Waals surface area contributed by atoms with Crippen molar-refractivity contribution in [3.05, 3.63) is 88.7 Å². The van der Waals surface area contributed by atoms with Gasteiger partial charge >= 0.3 is 0 Å². The van der Waals surface area contributed by atoms with Gasteiger partial charge in [0.1, 0.15) is 17.2 Å². The van der Waals surface area contributed by atoms with E-state index in [1.54, 1.807) is 18.2 Å². The van der Waals surface area contributed by atoms with Crippen LogP contribution in [-0.2, 0) is 0 Å². The Morgan fingerprint density at radius 3 is 2.35 bits per heavy atom. The Kier molecular flexibility index (Phi) is 4.82. The van der Waals surface area contributed by atoms with Gasteiger partial charge in [0.15, 0.2) is 5.78 Å². The molecule has 2 heterocycles. The summed E-state index contributed by atoms with van der Waals surface area (Å²) < 4.78 is 19.1. The number of rotatable bonds is 3. The minimum atomic E-state index is -0.597. The normalized spacial score (nSPS) is 16.1. The van der Waals surface area contributed by atoms with E-state index in [0.717, 1.165) is 17.0 Å². The Bertz CT molecular complexity index is 1390. The largest absolute Gasteiger partial charge is 0.487 e. The second-order valence-corrected chi connectivity index (χ2v) is 8.81. The van der Waals surface area contributed by atoms with Crippen LogP contribution in [0, 0.1) is 5.82 Å². The third kappa shape index (κ3) is 3.63. The molecule has 8 heteroatoms. The summed E-state index contributed by atoms with van der Waals surface area (Å²) in [4.78, 5) is 51.9. The summed E-state index contributed by atoms with van der Waals surface area (Å²) in [5, 5.41) is 2.72. The first kappa shape index (κ1) is 21.5. The molecule has 3 aromatic carbocycles. The number of imide groups is 1. The molecule has 0 aromatic heterocycles. The molecule has 0 saturated heterocycles. The number of ether oxygens (including phenoxy) is 1. The number of carbonyl (C=O) groups is 4. The van der Waals surface area contributed by atoms with Crippen LogP contribution < -0.4 is 15.0 Å². The Morgan fingerprint density at radius 1 is 0.912 bits per heavy atom. The number of nitrogens with one attached hydrogen (secondary N) is 1. The highest BCUT2D eigenvalue weighted by atomic mass is 19.1. The zero-order valence-corrected chi connectivity index (χ0v) is 18.3. The van der Waals surface area contributed by atoms with Crippen LogP contribution in [0.1, 0.15) is 61.7 Å². The van der Waals surface area contributed by atoms with Crippen molar-refractivity contribution in [1.29, 1.82) is 0 Å². The number of ketones is 1. The van der Waals surface area contributed by atoms with Crippen LogP contribution in [0.25, 0.3) is 0 Å². The van der Waals surface area contributed by atoms with Crippen molar-refractivity contribution in [2.45, 2.75) is 25.9 Å². The number of amides is 3. The molecule has 34 heavy (non-hydrogen) atoms. The average Bonchev–Trinajstić information content (AvgIpc) is 3.04. The van der Waals surface area contributed by atoms with Crippen molar-refractivity contribution in [3.8, 4) is 5.75 Å². The molecule has 0 radical (unpaired) electrons. The molecule has 3 aromatic rings. The van der Waals surface area contributed by atoms with Crippen LogP contribution in [0.4, 0.5) is 15.8 Å². The van der Waals surface area contributed by atoms with E-state index in [-0.39, 0.29) is 34.6 Å². The first-order chi connectivity index (χ1) is 16.1. The minimum Gasteiger partial charge on any atom is -0.487 e. The first-order valence-corrected chi connectivity index (χ1v) is 10.6. The summed E-state index contributed by atoms with van der Waals surface area (Å²) >= 11 is 0. The minimum absolute atomic E-state index is 0.0788. The van der Waals surface area contributed by atoms with Crippen molar-refractivity contribution in [1.82, 2.24) is 0 Å². The van der Waals surface area contributed by atoms with Crippen LogP contribution in [0.15, 0.2) is 60.7 Å². The van der Waals surface area contributed by atoms with Gasteiger partial charge in [-0.2, -0.15) is 0 Å². The molecular formula is C26H19FN2O5. The lowest BCUT2D eigenvalue weighted by Gasteiger charge is -2.31. The van der Waals surface area contributed by atoms with Crippen molar-refractivity contribution < 1.29 is 28.3 Å². The fraction of sp³-hybridized carbons (Fsp3) is 0.154. The number of hydrogen-bond donors (Lipinski definition) is 1. The van der Waals surface area contributed by atoms with Gasteiger partial charge in [0, 0.05) is 11.3 Å². The van der Waals surface area contributed by atoms with Gasteiger partial charge in [-0.25, -0.2) is 9.29 Å². The number of carbonyl (C=O) groups excluding carboxylic acids is 4. The van der Waals surface area contributed by atoms with Gasteiger partial charge in [-0.15, -0.1) is 0 Å². The molecule has 7 nitrogen and oxygen atoms in total. The molecule has 3 amide bonds. The third-order valence-corrected chi connectivity index (χ3v) is 5.74. The third-order valence-electron chi connectivity index (χ3n) is 5.74. The quantitative estimate of drug-likeness (QED) is 0.578. The number of benzene rings is 3. The Balaban J connectivity index is 1.39. The SMILES string of the molecule is CC1(C)CC(=O)c2cc(NC(=O)c3ccc4c(c3)C(=O)N(c3ccc(F)cc3)C4=O)ccc2O1. The molecule has 0 fully saturated rings. The molecule has 0 saturated carbocycles. The standard InChI is InChI=1S/C26H19FN2O5/c1-26(2)13-21(30)20-12-16(6-10-22(20)34-26)28-23(31)14-3-9-18-19(11-14)25(33)29(24(18)32)17-7-4-15(27)5-8-17/h3-12H,13H2,1-2H3,(H,28,31). The van der Waals surface area contributed by atoms with E-state index in [9.17, 15) is 23.6 Å². The van der Waals surface area contributed by atoms with Gasteiger partial charge < -0.3 is 10.1 Å². The molecule has 5 rings (SSSR count). The summed E-state index contributed by atoms with van der Waals surface area (Å²) in [6, 6.07) is 14.0. The summed E-state index contributed by atoms with van der Waals surface area (Å²) in [6.45, 7) is 3.67. The number of hydrogen-bond acceptors (Lipinski definition) is 5. The molecule has 0 atom stereocenters. The lowest BCUT2D eigenvalue weighted by molar-refractivity contribution is 0.0619. The molecule has 0 unspecified atom stereocenters. The number of nitrogens with zero attached hydrogens (tertiary/aromatic N) is 1. The van der Waals surface area contributed by atoms with Crippen molar-refractivity contribution >= 4 is 34.9 Å². The highest BCUT2D eigenvalue weighted by Crippen LogP contribution is 2.35. The fourth-order valence-electron chi connectivity index (χ4n) is 4.14. The Hall–Kier alpha value is -4.33. The monoisotopic (exact) mass is 458 g/mol. The van der Waals surface area contributed by atoms with Gasteiger partial charge in [0.2, 0.25) is 0 Å². The number of Topliss-reactive ketones (excluding diaryl/α,β-unsaturated/α-hetero) is 1. The van der Waals surface area contributed by atoms with Crippen LogP contribution in [0.2, 0.25) is 0 Å². The predicted octanol–water partition coefficient (Wildman–Crippen LogP) is 4.62. The van der Waals surface area contributed by atoms with E-state index in [1.165, 1.54) is 30.3 Å². The van der Waals surface area contributed by atoms with E-state index in [1.807, 2.05) is 13.8 Å². The summed E-state index contributed by atoms with van der Waals surface area (Å²) in [6.07, 6.45) is 0.225. The molecule has 2 aliphatic rings. The maximum atomic E-state index is 13.2. The second kappa shape index (κ2) is 7.62. The predicted molar refractivity (Wildman–Crippen MR) is 122 cm³/mol. The molecule has 0 bridgehead atoms. The summed E-state index contributed by atoms with van der Waals surface area (Å²) in [5.74, 6) is -1.76. The zero-order valence-electron chi connectivity index (χ0n) is 18.3. The van der Waals surface area contributed by atoms with Crippen LogP contribution in [-0.4, -0.2) is 29.1 Å². The molecule has 1 N–H and O–H groups in total. The number of halogens is 1. The Labute approximate surface area is 194 Å². The molecule has 2 aliphatic heterocycles.